The van der Waals surface area contributed by atoms with Crippen LogP contribution in [-0.4, -0.2) is 31.7 Å². The highest BCUT2D eigenvalue weighted by molar-refractivity contribution is 5.51. The molecule has 1 heterocycles. The van der Waals surface area contributed by atoms with Gasteiger partial charge in [-0.25, -0.2) is 4.98 Å². The van der Waals surface area contributed by atoms with E-state index in [0.717, 1.165) is 18.1 Å². The van der Waals surface area contributed by atoms with Crippen molar-refractivity contribution in [3.63, 3.8) is 0 Å². The van der Waals surface area contributed by atoms with Gasteiger partial charge in [-0.15, -0.1) is 0 Å². The number of hydrogen-bond donors (Lipinski definition) is 1. The summed E-state index contributed by atoms with van der Waals surface area (Å²) < 4.78 is 5.46. The van der Waals surface area contributed by atoms with Gasteiger partial charge < -0.3 is 15.4 Å². The van der Waals surface area contributed by atoms with E-state index >= 15 is 0 Å². The summed E-state index contributed by atoms with van der Waals surface area (Å²) in [5, 5.41) is 0. The molecule has 1 rings (SSSR count). The van der Waals surface area contributed by atoms with Gasteiger partial charge in [-0.1, -0.05) is 0 Å². The summed E-state index contributed by atoms with van der Waals surface area (Å²) >= 11 is 0. The molecule has 14 heavy (non-hydrogen) atoms. The second kappa shape index (κ2) is 5.44. The quantitative estimate of drug-likeness (QED) is 0.757. The summed E-state index contributed by atoms with van der Waals surface area (Å²) in [6.07, 6.45) is 1.75. The second-order valence-electron chi connectivity index (χ2n) is 2.97. The Morgan fingerprint density at radius 1 is 1.57 bits per heavy atom. The maximum atomic E-state index is 5.48. The first kappa shape index (κ1) is 10.8. The molecular weight excluding hydrogens is 178 g/mol. The molecule has 1 aromatic heterocycles. The average Bonchev–Trinajstić information content (AvgIpc) is 2.19. The van der Waals surface area contributed by atoms with Crippen LogP contribution in [0.1, 0.15) is 6.92 Å². The number of pyridine rings is 1. The number of aromatic nitrogens is 1. The highest BCUT2D eigenvalue weighted by atomic mass is 16.5. The summed E-state index contributed by atoms with van der Waals surface area (Å²) in [7, 11) is 1.96. The van der Waals surface area contributed by atoms with Gasteiger partial charge in [-0.3, -0.25) is 0 Å². The molecule has 0 spiro atoms. The fourth-order valence-corrected chi connectivity index (χ4v) is 1.24. The van der Waals surface area contributed by atoms with E-state index in [0.29, 0.717) is 13.2 Å². The fourth-order valence-electron chi connectivity index (χ4n) is 1.24. The Balaban J connectivity index is 2.82. The summed E-state index contributed by atoms with van der Waals surface area (Å²) in [5.41, 5.74) is 5.48. The zero-order valence-electron chi connectivity index (χ0n) is 8.73. The minimum atomic E-state index is 0.610. The van der Waals surface area contributed by atoms with Gasteiger partial charge in [0.1, 0.15) is 0 Å². The van der Waals surface area contributed by atoms with Crippen molar-refractivity contribution in [2.75, 3.05) is 31.6 Å². The molecule has 0 radical (unpaired) electrons. The smallest absolute Gasteiger partial charge is 0.171 e. The van der Waals surface area contributed by atoms with Gasteiger partial charge in [0.25, 0.3) is 0 Å². The predicted molar refractivity (Wildman–Crippen MR) is 57.7 cm³/mol. The predicted octanol–water partition coefficient (Wildman–Crippen LogP) is 0.875. The first-order valence-corrected chi connectivity index (χ1v) is 4.78. The molecule has 0 aliphatic carbocycles. The Bertz CT molecular complexity index is 278. The summed E-state index contributed by atoms with van der Waals surface area (Å²) in [6, 6.07) is 3.78. The number of anilines is 1. The van der Waals surface area contributed by atoms with Crippen LogP contribution in [0.15, 0.2) is 18.3 Å². The molecule has 0 saturated heterocycles. The van der Waals surface area contributed by atoms with E-state index in [1.54, 1.807) is 6.20 Å². The van der Waals surface area contributed by atoms with Crippen LogP contribution < -0.4 is 15.4 Å². The molecule has 1 aromatic rings. The van der Waals surface area contributed by atoms with Crippen LogP contribution in [0.25, 0.3) is 0 Å². The van der Waals surface area contributed by atoms with Gasteiger partial charge in [0.2, 0.25) is 0 Å². The summed E-state index contributed by atoms with van der Waals surface area (Å²) in [4.78, 5) is 6.25. The molecule has 0 atom stereocenters. The maximum Gasteiger partial charge on any atom is 0.171 e. The molecule has 0 aliphatic rings. The number of likely N-dealkylation sites (N-methyl/N-ethyl adjacent to an activating group) is 1. The molecule has 0 aliphatic heterocycles. The molecule has 0 unspecified atom stereocenters. The molecule has 0 saturated carbocycles. The van der Waals surface area contributed by atoms with Crippen LogP contribution in [0.4, 0.5) is 5.82 Å². The molecule has 0 amide bonds. The maximum absolute atomic E-state index is 5.48. The lowest BCUT2D eigenvalue weighted by Gasteiger charge is -2.19. The average molecular weight is 195 g/mol. The lowest BCUT2D eigenvalue weighted by Crippen LogP contribution is -2.26. The first-order chi connectivity index (χ1) is 6.79. The molecule has 4 nitrogen and oxygen atoms in total. The minimum Gasteiger partial charge on any atom is -0.490 e. The fraction of sp³-hybridized carbons (Fsp3) is 0.500. The van der Waals surface area contributed by atoms with E-state index in [9.17, 15) is 0 Å². The lowest BCUT2D eigenvalue weighted by molar-refractivity contribution is 0.339. The second-order valence-corrected chi connectivity index (χ2v) is 2.97. The van der Waals surface area contributed by atoms with Crippen LogP contribution in [0.5, 0.6) is 5.75 Å². The molecule has 2 N–H and O–H groups in total. The van der Waals surface area contributed by atoms with Crippen molar-refractivity contribution in [2.45, 2.75) is 6.92 Å². The van der Waals surface area contributed by atoms with Crippen molar-refractivity contribution in [3.05, 3.63) is 18.3 Å². The highest BCUT2D eigenvalue weighted by Crippen LogP contribution is 2.23. The number of rotatable bonds is 5. The largest absolute Gasteiger partial charge is 0.490 e. The topological polar surface area (TPSA) is 51.4 Å². The molecular formula is C10H17N3O. The van der Waals surface area contributed by atoms with E-state index in [4.69, 9.17) is 10.5 Å². The first-order valence-electron chi connectivity index (χ1n) is 4.78. The number of nitrogens with zero attached hydrogens (tertiary/aromatic N) is 2. The van der Waals surface area contributed by atoms with Crippen molar-refractivity contribution in [1.82, 2.24) is 4.98 Å². The van der Waals surface area contributed by atoms with E-state index in [-0.39, 0.29) is 0 Å². The van der Waals surface area contributed by atoms with Crippen molar-refractivity contribution < 1.29 is 4.74 Å². The van der Waals surface area contributed by atoms with Crippen molar-refractivity contribution in [2.24, 2.45) is 5.73 Å². The third-order valence-corrected chi connectivity index (χ3v) is 1.88. The molecule has 0 fully saturated rings. The van der Waals surface area contributed by atoms with Crippen LogP contribution in [0.3, 0.4) is 0 Å². The molecule has 78 valence electrons. The van der Waals surface area contributed by atoms with Gasteiger partial charge in [-0.2, -0.15) is 0 Å². The summed E-state index contributed by atoms with van der Waals surface area (Å²) in [5.74, 6) is 1.66. The van der Waals surface area contributed by atoms with E-state index in [2.05, 4.69) is 4.98 Å². The van der Waals surface area contributed by atoms with E-state index in [1.165, 1.54) is 0 Å². The minimum absolute atomic E-state index is 0.610. The molecule has 0 aromatic carbocycles. The third kappa shape index (κ3) is 2.60. The zero-order chi connectivity index (χ0) is 10.4. The Hall–Kier alpha value is -1.29. The van der Waals surface area contributed by atoms with Gasteiger partial charge in [0.05, 0.1) is 6.61 Å². The van der Waals surface area contributed by atoms with Crippen molar-refractivity contribution in [1.29, 1.82) is 0 Å². The Morgan fingerprint density at radius 2 is 2.36 bits per heavy atom. The Morgan fingerprint density at radius 3 is 3.00 bits per heavy atom. The van der Waals surface area contributed by atoms with Crippen molar-refractivity contribution >= 4 is 5.82 Å². The van der Waals surface area contributed by atoms with Gasteiger partial charge >= 0.3 is 0 Å². The monoisotopic (exact) mass is 195 g/mol. The van der Waals surface area contributed by atoms with E-state index < -0.39 is 0 Å². The lowest BCUT2D eigenvalue weighted by atomic mass is 10.4. The molecule has 0 bridgehead atoms. The third-order valence-electron chi connectivity index (χ3n) is 1.88. The zero-order valence-corrected chi connectivity index (χ0v) is 8.73. The summed E-state index contributed by atoms with van der Waals surface area (Å²) in [6.45, 7) is 3.99. The van der Waals surface area contributed by atoms with Crippen LogP contribution in [0, 0.1) is 0 Å². The van der Waals surface area contributed by atoms with Crippen LogP contribution in [0.2, 0.25) is 0 Å². The molecule has 4 heteroatoms. The van der Waals surface area contributed by atoms with Crippen LogP contribution in [-0.2, 0) is 0 Å². The number of ether oxygens (including phenoxy) is 1. The normalized spacial score (nSPS) is 9.93. The van der Waals surface area contributed by atoms with Crippen LogP contribution >= 0.6 is 0 Å². The number of nitrogens with two attached hydrogens (primary N) is 1. The Kier molecular flexibility index (Phi) is 4.19. The van der Waals surface area contributed by atoms with Gasteiger partial charge in [0.15, 0.2) is 11.6 Å². The van der Waals surface area contributed by atoms with Gasteiger partial charge in [0, 0.05) is 26.3 Å². The standard InChI is InChI=1S/C10H17N3O/c1-3-14-9-5-4-7-12-10(9)13(2)8-6-11/h4-5,7H,3,6,8,11H2,1-2H3. The SMILES string of the molecule is CCOc1cccnc1N(C)CCN. The highest BCUT2D eigenvalue weighted by Gasteiger charge is 2.07. The number of hydrogen-bond acceptors (Lipinski definition) is 4. The van der Waals surface area contributed by atoms with Gasteiger partial charge in [-0.05, 0) is 19.1 Å². The van der Waals surface area contributed by atoms with Crippen molar-refractivity contribution in [3.8, 4) is 5.75 Å². The Labute approximate surface area is 84.7 Å². The van der Waals surface area contributed by atoms with E-state index in [1.807, 2.05) is 31.0 Å².